The fourth-order valence-electron chi connectivity index (χ4n) is 1.46. The number of nitro benzene ring substituents is 1. The molecule has 7 nitrogen and oxygen atoms in total. The molecule has 1 N–H and O–H groups in total. The monoisotopic (exact) mass is 304 g/mol. The van der Waals surface area contributed by atoms with Gasteiger partial charge < -0.3 is 5.32 Å². The van der Waals surface area contributed by atoms with Gasteiger partial charge in [-0.15, -0.1) is 0 Å². The fraction of sp³-hybridized carbons (Fsp3) is 0.300. The van der Waals surface area contributed by atoms with Gasteiger partial charge in [0.25, 0.3) is 20.6 Å². The average Bonchev–Trinajstić information content (AvgIpc) is 3.11. The number of non-ortho nitro benzene ring substituents is 1. The molecule has 0 unspecified atom stereocenters. The zero-order chi connectivity index (χ0) is 14.2. The lowest BCUT2D eigenvalue weighted by Gasteiger charge is -2.05. The lowest BCUT2D eigenvalue weighted by atomic mass is 10.2. The van der Waals surface area contributed by atoms with Crippen LogP contribution in [0.4, 0.5) is 5.69 Å². The number of hydrogen-bond donors (Lipinski definition) is 1. The Morgan fingerprint density at radius 3 is 2.47 bits per heavy atom. The Bertz CT molecular complexity index is 654. The van der Waals surface area contributed by atoms with Crippen LogP contribution in [-0.4, -0.2) is 25.3 Å². The summed E-state index contributed by atoms with van der Waals surface area (Å²) in [6.07, 6.45) is 1.70. The largest absolute Gasteiger partial charge is 0.349 e. The van der Waals surface area contributed by atoms with Crippen LogP contribution in [0.2, 0.25) is 0 Å². The number of carbonyl (C=O) groups excluding carboxylic acids is 1. The first-order valence-corrected chi connectivity index (χ1v) is 7.63. The Balaban J connectivity index is 2.44. The van der Waals surface area contributed by atoms with E-state index < -0.39 is 30.5 Å². The SMILES string of the molecule is O=C(NC1CC1)c1cc([N+](=O)[O-])cc(S(=O)(=O)Cl)c1. The van der Waals surface area contributed by atoms with Gasteiger partial charge >= 0.3 is 0 Å². The molecule has 1 aliphatic rings. The third-order valence-corrected chi connectivity index (χ3v) is 3.89. The van der Waals surface area contributed by atoms with Crippen LogP contribution in [0.1, 0.15) is 23.2 Å². The normalized spacial score (nSPS) is 15.0. The Labute approximate surface area is 113 Å². The molecule has 1 aromatic rings. The second-order valence-corrected chi connectivity index (χ2v) is 6.72. The van der Waals surface area contributed by atoms with Crippen molar-refractivity contribution in [1.82, 2.24) is 5.32 Å². The molecular formula is C10H9ClN2O5S. The minimum atomic E-state index is -4.14. The van der Waals surface area contributed by atoms with Crippen molar-refractivity contribution in [3.8, 4) is 0 Å². The van der Waals surface area contributed by atoms with Gasteiger partial charge in [-0.2, -0.15) is 0 Å². The predicted octanol–water partition coefficient (Wildman–Crippen LogP) is 1.41. The van der Waals surface area contributed by atoms with Crippen LogP contribution in [-0.2, 0) is 9.05 Å². The second kappa shape index (κ2) is 4.78. The van der Waals surface area contributed by atoms with E-state index in [0.717, 1.165) is 31.0 Å². The van der Waals surface area contributed by atoms with Crippen molar-refractivity contribution in [2.45, 2.75) is 23.8 Å². The summed E-state index contributed by atoms with van der Waals surface area (Å²) in [5.74, 6) is -0.548. The summed E-state index contributed by atoms with van der Waals surface area (Å²) in [6.45, 7) is 0. The van der Waals surface area contributed by atoms with Gasteiger partial charge in [0.05, 0.1) is 9.82 Å². The number of rotatable bonds is 4. The standard InChI is InChI=1S/C10H9ClN2O5S/c11-19(17,18)9-4-6(3-8(5-9)13(15)16)10(14)12-7-1-2-7/h3-5,7H,1-2H2,(H,12,14). The molecule has 9 heteroatoms. The topological polar surface area (TPSA) is 106 Å². The minimum Gasteiger partial charge on any atom is -0.349 e. The molecule has 1 aromatic carbocycles. The number of nitrogens with zero attached hydrogens (tertiary/aromatic N) is 1. The fourth-order valence-corrected chi connectivity index (χ4v) is 2.25. The Hall–Kier alpha value is -1.67. The van der Waals surface area contributed by atoms with Gasteiger partial charge in [0, 0.05) is 34.4 Å². The number of carbonyl (C=O) groups is 1. The summed E-state index contributed by atoms with van der Waals surface area (Å²) in [4.78, 5) is 21.3. The number of benzene rings is 1. The molecule has 1 saturated carbocycles. The van der Waals surface area contributed by atoms with Crippen LogP contribution in [0.25, 0.3) is 0 Å². The lowest BCUT2D eigenvalue weighted by molar-refractivity contribution is -0.385. The molecule has 1 fully saturated rings. The van der Waals surface area contributed by atoms with E-state index in [1.807, 2.05) is 0 Å². The van der Waals surface area contributed by atoms with Crippen molar-refractivity contribution >= 4 is 31.3 Å². The molecule has 1 aliphatic carbocycles. The van der Waals surface area contributed by atoms with E-state index in [-0.39, 0.29) is 11.6 Å². The third-order valence-electron chi connectivity index (χ3n) is 2.56. The van der Waals surface area contributed by atoms with Crippen molar-refractivity contribution in [2.75, 3.05) is 0 Å². The van der Waals surface area contributed by atoms with E-state index in [9.17, 15) is 23.3 Å². The van der Waals surface area contributed by atoms with E-state index in [1.165, 1.54) is 0 Å². The molecule has 0 aliphatic heterocycles. The Morgan fingerprint density at radius 2 is 2.00 bits per heavy atom. The summed E-state index contributed by atoms with van der Waals surface area (Å²) < 4.78 is 22.5. The van der Waals surface area contributed by atoms with Gasteiger partial charge in [0.1, 0.15) is 0 Å². The molecule has 1 amide bonds. The zero-order valence-corrected chi connectivity index (χ0v) is 11.1. The third kappa shape index (κ3) is 3.42. The van der Waals surface area contributed by atoms with Gasteiger partial charge in [0.2, 0.25) is 0 Å². The van der Waals surface area contributed by atoms with Gasteiger partial charge in [-0.3, -0.25) is 14.9 Å². The first-order chi connectivity index (χ1) is 8.77. The van der Waals surface area contributed by atoms with Crippen LogP contribution in [0.5, 0.6) is 0 Å². The summed E-state index contributed by atoms with van der Waals surface area (Å²) in [5.41, 5.74) is -0.594. The van der Waals surface area contributed by atoms with Gasteiger partial charge in [-0.05, 0) is 18.9 Å². The molecule has 0 heterocycles. The van der Waals surface area contributed by atoms with E-state index in [0.29, 0.717) is 0 Å². The van der Waals surface area contributed by atoms with Crippen molar-refractivity contribution in [3.05, 3.63) is 33.9 Å². The second-order valence-electron chi connectivity index (χ2n) is 4.16. The minimum absolute atomic E-state index is 0.0582. The highest BCUT2D eigenvalue weighted by atomic mass is 35.7. The Morgan fingerprint density at radius 1 is 1.37 bits per heavy atom. The van der Waals surface area contributed by atoms with Crippen LogP contribution >= 0.6 is 10.7 Å². The number of amides is 1. The van der Waals surface area contributed by atoms with Gasteiger partial charge in [-0.25, -0.2) is 8.42 Å². The summed E-state index contributed by atoms with van der Waals surface area (Å²) in [5, 5.41) is 13.3. The van der Waals surface area contributed by atoms with Crippen molar-refractivity contribution in [3.63, 3.8) is 0 Å². The first kappa shape index (κ1) is 13.8. The number of hydrogen-bond acceptors (Lipinski definition) is 5. The van der Waals surface area contributed by atoms with Crippen molar-refractivity contribution in [2.24, 2.45) is 0 Å². The number of nitrogens with one attached hydrogen (secondary N) is 1. The quantitative estimate of drug-likeness (QED) is 0.514. The molecule has 0 spiro atoms. The van der Waals surface area contributed by atoms with Crippen molar-refractivity contribution in [1.29, 1.82) is 0 Å². The van der Waals surface area contributed by atoms with E-state index in [2.05, 4.69) is 5.32 Å². The van der Waals surface area contributed by atoms with Crippen LogP contribution in [0, 0.1) is 10.1 Å². The number of halogens is 1. The van der Waals surface area contributed by atoms with Gasteiger partial charge in [0.15, 0.2) is 0 Å². The summed E-state index contributed by atoms with van der Waals surface area (Å²) in [7, 11) is 1.01. The van der Waals surface area contributed by atoms with E-state index >= 15 is 0 Å². The van der Waals surface area contributed by atoms with Crippen LogP contribution in [0.3, 0.4) is 0 Å². The highest BCUT2D eigenvalue weighted by Gasteiger charge is 2.26. The molecule has 0 atom stereocenters. The average molecular weight is 305 g/mol. The highest BCUT2D eigenvalue weighted by Crippen LogP contribution is 2.25. The number of nitro groups is 1. The molecule has 0 aromatic heterocycles. The summed E-state index contributed by atoms with van der Waals surface area (Å²) in [6, 6.07) is 2.91. The van der Waals surface area contributed by atoms with Gasteiger partial charge in [-0.1, -0.05) is 0 Å². The van der Waals surface area contributed by atoms with Crippen LogP contribution < -0.4 is 5.32 Å². The summed E-state index contributed by atoms with van der Waals surface area (Å²) >= 11 is 0. The molecule has 102 valence electrons. The molecule has 0 bridgehead atoms. The smallest absolute Gasteiger partial charge is 0.271 e. The zero-order valence-electron chi connectivity index (χ0n) is 9.50. The molecule has 0 saturated heterocycles. The predicted molar refractivity (Wildman–Crippen MR) is 66.6 cm³/mol. The molecular weight excluding hydrogens is 296 g/mol. The first-order valence-electron chi connectivity index (χ1n) is 5.32. The lowest BCUT2D eigenvalue weighted by Crippen LogP contribution is -2.25. The maximum Gasteiger partial charge on any atom is 0.271 e. The Kier molecular flexibility index (Phi) is 3.46. The van der Waals surface area contributed by atoms with E-state index in [4.69, 9.17) is 10.7 Å². The van der Waals surface area contributed by atoms with E-state index in [1.54, 1.807) is 0 Å². The maximum absolute atomic E-state index is 11.8. The molecule has 0 radical (unpaired) electrons. The maximum atomic E-state index is 11.8. The van der Waals surface area contributed by atoms with Crippen molar-refractivity contribution < 1.29 is 18.1 Å². The molecule has 2 rings (SSSR count). The highest BCUT2D eigenvalue weighted by molar-refractivity contribution is 8.13. The van der Waals surface area contributed by atoms with Crippen LogP contribution in [0.15, 0.2) is 23.1 Å². The molecule has 19 heavy (non-hydrogen) atoms.